The molecular weight excluding hydrogens is 352 g/mol. The van der Waals surface area contributed by atoms with Crippen molar-refractivity contribution in [2.75, 3.05) is 5.32 Å². The lowest BCUT2D eigenvalue weighted by Crippen LogP contribution is -2.38. The number of nitrogens with one attached hydrogen (secondary N) is 2. The standard InChI is InChI=1S/C16H14BrClN2O/c17-13-3-1-2-4-14(13)19-15(21)20-16(9-10-16)11-5-7-12(18)8-6-11/h1-8H,9-10H2,(H2,19,20,21). The van der Waals surface area contributed by atoms with E-state index < -0.39 is 0 Å². The van der Waals surface area contributed by atoms with Crippen LogP contribution >= 0.6 is 27.5 Å². The van der Waals surface area contributed by atoms with Crippen molar-refractivity contribution in [3.63, 3.8) is 0 Å². The molecule has 21 heavy (non-hydrogen) atoms. The number of para-hydroxylation sites is 1. The molecule has 0 radical (unpaired) electrons. The highest BCUT2D eigenvalue weighted by Gasteiger charge is 2.45. The molecule has 0 bridgehead atoms. The van der Waals surface area contributed by atoms with Gasteiger partial charge in [0.05, 0.1) is 11.2 Å². The van der Waals surface area contributed by atoms with Crippen molar-refractivity contribution in [3.05, 3.63) is 63.6 Å². The number of anilines is 1. The minimum Gasteiger partial charge on any atom is -0.328 e. The molecule has 0 aliphatic heterocycles. The number of urea groups is 1. The van der Waals surface area contributed by atoms with E-state index in [1.165, 1.54) is 0 Å². The van der Waals surface area contributed by atoms with Gasteiger partial charge in [0.1, 0.15) is 0 Å². The lowest BCUT2D eigenvalue weighted by molar-refractivity contribution is 0.247. The molecule has 0 atom stereocenters. The third kappa shape index (κ3) is 3.22. The summed E-state index contributed by atoms with van der Waals surface area (Å²) >= 11 is 9.32. The van der Waals surface area contributed by atoms with Gasteiger partial charge in [-0.25, -0.2) is 4.79 Å². The fraction of sp³-hybridized carbons (Fsp3) is 0.188. The predicted octanol–water partition coefficient (Wildman–Crippen LogP) is 4.91. The highest BCUT2D eigenvalue weighted by Crippen LogP contribution is 2.45. The van der Waals surface area contributed by atoms with E-state index in [9.17, 15) is 4.79 Å². The molecule has 0 spiro atoms. The Morgan fingerprint density at radius 2 is 1.76 bits per heavy atom. The summed E-state index contributed by atoms with van der Waals surface area (Å²) < 4.78 is 0.858. The number of benzene rings is 2. The fourth-order valence-corrected chi connectivity index (χ4v) is 2.82. The van der Waals surface area contributed by atoms with Gasteiger partial charge >= 0.3 is 6.03 Å². The van der Waals surface area contributed by atoms with Crippen LogP contribution in [0.25, 0.3) is 0 Å². The maximum atomic E-state index is 12.2. The van der Waals surface area contributed by atoms with E-state index >= 15 is 0 Å². The second kappa shape index (κ2) is 5.70. The second-order valence-electron chi connectivity index (χ2n) is 5.15. The summed E-state index contributed by atoms with van der Waals surface area (Å²) in [5.74, 6) is 0. The summed E-state index contributed by atoms with van der Waals surface area (Å²) in [6, 6.07) is 15.0. The van der Waals surface area contributed by atoms with Crippen LogP contribution in [0.2, 0.25) is 5.02 Å². The lowest BCUT2D eigenvalue weighted by atomic mass is 10.1. The average Bonchev–Trinajstić information content (AvgIpc) is 3.23. The Kier molecular flexibility index (Phi) is 3.91. The van der Waals surface area contributed by atoms with Crippen LogP contribution in [-0.4, -0.2) is 6.03 Å². The third-order valence-corrected chi connectivity index (χ3v) is 4.57. The molecule has 2 aromatic rings. The molecule has 0 unspecified atom stereocenters. The molecule has 5 heteroatoms. The van der Waals surface area contributed by atoms with Crippen LogP contribution in [-0.2, 0) is 5.54 Å². The Labute approximate surface area is 136 Å². The number of halogens is 2. The van der Waals surface area contributed by atoms with Crippen LogP contribution < -0.4 is 10.6 Å². The van der Waals surface area contributed by atoms with Crippen LogP contribution in [0.5, 0.6) is 0 Å². The van der Waals surface area contributed by atoms with E-state index in [0.29, 0.717) is 5.02 Å². The van der Waals surface area contributed by atoms with Crippen molar-refractivity contribution in [2.45, 2.75) is 18.4 Å². The first-order chi connectivity index (χ1) is 10.1. The number of rotatable bonds is 3. The molecule has 1 fully saturated rings. The summed E-state index contributed by atoms with van der Waals surface area (Å²) in [7, 11) is 0. The Bertz CT molecular complexity index is 668. The normalized spacial score (nSPS) is 15.3. The van der Waals surface area contributed by atoms with Crippen LogP contribution in [0.4, 0.5) is 10.5 Å². The minimum absolute atomic E-state index is 0.200. The molecule has 3 rings (SSSR count). The summed E-state index contributed by atoms with van der Waals surface area (Å²) in [6.07, 6.45) is 1.88. The predicted molar refractivity (Wildman–Crippen MR) is 88.7 cm³/mol. The van der Waals surface area contributed by atoms with Gasteiger partial charge in [-0.2, -0.15) is 0 Å². The third-order valence-electron chi connectivity index (χ3n) is 3.62. The van der Waals surface area contributed by atoms with Crippen LogP contribution in [0.3, 0.4) is 0 Å². The molecular formula is C16H14BrClN2O. The zero-order valence-electron chi connectivity index (χ0n) is 11.2. The number of carbonyl (C=O) groups excluding carboxylic acids is 1. The Hall–Kier alpha value is -1.52. The van der Waals surface area contributed by atoms with Crippen molar-refractivity contribution in [1.29, 1.82) is 0 Å². The maximum absolute atomic E-state index is 12.2. The van der Waals surface area contributed by atoms with Crippen LogP contribution in [0.1, 0.15) is 18.4 Å². The maximum Gasteiger partial charge on any atom is 0.319 e. The van der Waals surface area contributed by atoms with E-state index in [1.54, 1.807) is 0 Å². The zero-order chi connectivity index (χ0) is 14.9. The summed E-state index contributed by atoms with van der Waals surface area (Å²) in [6.45, 7) is 0. The van der Waals surface area contributed by atoms with E-state index in [-0.39, 0.29) is 11.6 Å². The second-order valence-corrected chi connectivity index (χ2v) is 6.44. The monoisotopic (exact) mass is 364 g/mol. The fourth-order valence-electron chi connectivity index (χ4n) is 2.31. The van der Waals surface area contributed by atoms with Crippen LogP contribution in [0.15, 0.2) is 53.0 Å². The van der Waals surface area contributed by atoms with Crippen molar-refractivity contribution in [2.24, 2.45) is 0 Å². The van der Waals surface area contributed by atoms with E-state index in [2.05, 4.69) is 26.6 Å². The topological polar surface area (TPSA) is 41.1 Å². The van der Waals surface area contributed by atoms with Crippen molar-refractivity contribution in [1.82, 2.24) is 5.32 Å². The van der Waals surface area contributed by atoms with Crippen molar-refractivity contribution in [3.8, 4) is 0 Å². The molecule has 108 valence electrons. The Morgan fingerprint density at radius 1 is 1.10 bits per heavy atom. The number of hydrogen-bond donors (Lipinski definition) is 2. The summed E-state index contributed by atoms with van der Waals surface area (Å²) in [4.78, 5) is 12.2. The first kappa shape index (κ1) is 14.4. The molecule has 2 N–H and O–H groups in total. The van der Waals surface area contributed by atoms with Gasteiger partial charge in [0.15, 0.2) is 0 Å². The Balaban J connectivity index is 1.70. The number of amides is 2. The zero-order valence-corrected chi connectivity index (χ0v) is 13.5. The van der Waals surface area contributed by atoms with Gasteiger partial charge in [-0.05, 0) is 58.6 Å². The van der Waals surface area contributed by atoms with E-state index in [1.807, 2.05) is 48.5 Å². The molecule has 2 amide bonds. The van der Waals surface area contributed by atoms with Gasteiger partial charge in [-0.15, -0.1) is 0 Å². The van der Waals surface area contributed by atoms with Gasteiger partial charge in [0, 0.05) is 9.50 Å². The number of carbonyl (C=O) groups is 1. The SMILES string of the molecule is O=C(Nc1ccccc1Br)NC1(c2ccc(Cl)cc2)CC1. The van der Waals surface area contributed by atoms with Crippen molar-refractivity contribution < 1.29 is 4.79 Å². The minimum atomic E-state index is -0.254. The Morgan fingerprint density at radius 3 is 2.38 bits per heavy atom. The molecule has 0 saturated heterocycles. The van der Waals surface area contributed by atoms with Gasteiger partial charge in [0.2, 0.25) is 0 Å². The smallest absolute Gasteiger partial charge is 0.319 e. The molecule has 1 saturated carbocycles. The highest BCUT2D eigenvalue weighted by atomic mass is 79.9. The van der Waals surface area contributed by atoms with Crippen LogP contribution in [0, 0.1) is 0 Å². The molecule has 0 aromatic heterocycles. The molecule has 1 aliphatic rings. The van der Waals surface area contributed by atoms with Gasteiger partial charge in [0.25, 0.3) is 0 Å². The molecule has 0 heterocycles. The van der Waals surface area contributed by atoms with E-state index in [0.717, 1.165) is 28.6 Å². The molecule has 2 aromatic carbocycles. The summed E-state index contributed by atoms with van der Waals surface area (Å²) in [5, 5.41) is 6.63. The summed E-state index contributed by atoms with van der Waals surface area (Å²) in [5.41, 5.74) is 1.59. The quantitative estimate of drug-likeness (QED) is 0.797. The first-order valence-electron chi connectivity index (χ1n) is 6.69. The van der Waals surface area contributed by atoms with Gasteiger partial charge < -0.3 is 10.6 Å². The first-order valence-corrected chi connectivity index (χ1v) is 7.86. The van der Waals surface area contributed by atoms with E-state index in [4.69, 9.17) is 11.6 Å². The average molecular weight is 366 g/mol. The van der Waals surface area contributed by atoms with Gasteiger partial charge in [-0.1, -0.05) is 35.9 Å². The molecule has 3 nitrogen and oxygen atoms in total. The highest BCUT2D eigenvalue weighted by molar-refractivity contribution is 9.10. The molecule has 1 aliphatic carbocycles. The lowest BCUT2D eigenvalue weighted by Gasteiger charge is -2.19. The van der Waals surface area contributed by atoms with Crippen molar-refractivity contribution >= 4 is 39.2 Å². The largest absolute Gasteiger partial charge is 0.328 e. The van der Waals surface area contributed by atoms with Gasteiger partial charge in [-0.3, -0.25) is 0 Å². The number of hydrogen-bond acceptors (Lipinski definition) is 1.